The lowest BCUT2D eigenvalue weighted by Crippen LogP contribution is -2.47. The van der Waals surface area contributed by atoms with E-state index in [1.54, 1.807) is 13.0 Å². The summed E-state index contributed by atoms with van der Waals surface area (Å²) in [5.41, 5.74) is 4.89. The number of halogens is 5. The number of nitrogens with two attached hydrogens (primary N) is 1. The van der Waals surface area contributed by atoms with Gasteiger partial charge in [0.1, 0.15) is 48.0 Å². The lowest BCUT2D eigenvalue weighted by atomic mass is 9.98. The molecule has 0 radical (unpaired) electrons. The van der Waals surface area contributed by atoms with Crippen molar-refractivity contribution >= 4 is 23.6 Å². The van der Waals surface area contributed by atoms with E-state index < -0.39 is 77.3 Å². The molecule has 1 atom stereocenters. The molecule has 1 aliphatic heterocycles. The van der Waals surface area contributed by atoms with Crippen LogP contribution < -0.4 is 20.7 Å². The van der Waals surface area contributed by atoms with E-state index in [4.69, 9.17) is 15.2 Å². The molecule has 1 heterocycles. The highest BCUT2D eigenvalue weighted by Gasteiger charge is 2.35. The first-order valence-electron chi connectivity index (χ1n) is 13.0. The quantitative estimate of drug-likeness (QED) is 0.202. The molecule has 14 heteroatoms. The maximum Gasteiger partial charge on any atom is 0.325 e. The normalized spacial score (nSPS) is 14.4. The second-order valence-corrected chi connectivity index (χ2v) is 9.60. The van der Waals surface area contributed by atoms with Gasteiger partial charge >= 0.3 is 12.0 Å². The summed E-state index contributed by atoms with van der Waals surface area (Å²) in [5.74, 6) is -7.08. The molecule has 228 valence electrons. The highest BCUT2D eigenvalue weighted by Crippen LogP contribution is 2.38. The minimum Gasteiger partial charge on any atom is -0.490 e. The van der Waals surface area contributed by atoms with Gasteiger partial charge in [-0.25, -0.2) is 26.7 Å². The third-order valence-corrected chi connectivity index (χ3v) is 6.89. The number of ether oxygens (including phenoxy) is 2. The van der Waals surface area contributed by atoms with Crippen LogP contribution in [0.4, 0.5) is 32.4 Å². The summed E-state index contributed by atoms with van der Waals surface area (Å²) in [5, 5.41) is 2.35. The van der Waals surface area contributed by atoms with Crippen LogP contribution in [-0.2, 0) is 22.6 Å². The van der Waals surface area contributed by atoms with Gasteiger partial charge in [-0.3, -0.25) is 14.5 Å². The zero-order valence-corrected chi connectivity index (χ0v) is 23.1. The summed E-state index contributed by atoms with van der Waals surface area (Å²) >= 11 is 0. The maximum absolute atomic E-state index is 15.1. The van der Waals surface area contributed by atoms with Crippen LogP contribution in [0.5, 0.6) is 5.75 Å². The van der Waals surface area contributed by atoms with Gasteiger partial charge < -0.3 is 25.4 Å². The maximum atomic E-state index is 15.1. The predicted octanol–water partition coefficient (Wildman–Crippen LogP) is 4.33. The second-order valence-electron chi connectivity index (χ2n) is 9.60. The summed E-state index contributed by atoms with van der Waals surface area (Å²) in [6.07, 6.45) is 0. The first-order chi connectivity index (χ1) is 20.4. The van der Waals surface area contributed by atoms with Crippen molar-refractivity contribution in [2.24, 2.45) is 5.73 Å². The van der Waals surface area contributed by atoms with E-state index >= 15 is 8.78 Å². The average molecular weight is 607 g/mol. The molecular weight excluding hydrogens is 579 g/mol. The molecule has 0 fully saturated rings. The topological polar surface area (TPSA) is 114 Å². The minimum absolute atomic E-state index is 0.00346. The number of carbonyl (C=O) groups is 3. The molecule has 0 saturated heterocycles. The molecule has 0 spiro atoms. The van der Waals surface area contributed by atoms with Gasteiger partial charge in [0.2, 0.25) is 0 Å². The van der Waals surface area contributed by atoms with Crippen molar-refractivity contribution in [1.29, 1.82) is 0 Å². The summed E-state index contributed by atoms with van der Waals surface area (Å²) in [6, 6.07) is 6.08. The summed E-state index contributed by atoms with van der Waals surface area (Å²) in [4.78, 5) is 39.7. The number of carbonyl (C=O) groups excluding carboxylic acids is 3. The van der Waals surface area contributed by atoms with Crippen LogP contribution in [0.2, 0.25) is 0 Å². The molecule has 3 N–H and O–H groups in total. The Hall–Kier alpha value is -4.72. The Labute approximate surface area is 243 Å². The van der Waals surface area contributed by atoms with Crippen LogP contribution >= 0.6 is 0 Å². The minimum atomic E-state index is -1.17. The summed E-state index contributed by atoms with van der Waals surface area (Å²) < 4.78 is 81.3. The number of nitrogens with zero attached hydrogens (tertiary/aromatic N) is 2. The summed E-state index contributed by atoms with van der Waals surface area (Å²) in [7, 11) is 1.51. The van der Waals surface area contributed by atoms with Gasteiger partial charge in [-0.15, -0.1) is 0 Å². The van der Waals surface area contributed by atoms with E-state index in [9.17, 15) is 27.6 Å². The molecule has 0 bridgehead atoms. The molecule has 43 heavy (non-hydrogen) atoms. The van der Waals surface area contributed by atoms with Crippen LogP contribution in [0, 0.1) is 29.1 Å². The number of benzene rings is 3. The van der Waals surface area contributed by atoms with E-state index in [1.165, 1.54) is 24.1 Å². The Kier molecular flexibility index (Phi) is 9.49. The number of esters is 1. The Morgan fingerprint density at radius 1 is 0.930 bits per heavy atom. The van der Waals surface area contributed by atoms with Gasteiger partial charge in [0.15, 0.2) is 0 Å². The van der Waals surface area contributed by atoms with Gasteiger partial charge in [0.25, 0.3) is 5.91 Å². The number of anilines is 1. The molecule has 9 nitrogen and oxygen atoms in total. The van der Waals surface area contributed by atoms with Crippen molar-refractivity contribution in [3.8, 4) is 5.75 Å². The number of nitrogens with one attached hydrogen (secondary N) is 1. The smallest absolute Gasteiger partial charge is 0.325 e. The fourth-order valence-corrected chi connectivity index (χ4v) is 4.45. The van der Waals surface area contributed by atoms with Gasteiger partial charge in [0.05, 0.1) is 24.8 Å². The zero-order chi connectivity index (χ0) is 31.4. The van der Waals surface area contributed by atoms with Crippen molar-refractivity contribution in [1.82, 2.24) is 10.2 Å². The van der Waals surface area contributed by atoms with Crippen LogP contribution in [0.15, 0.2) is 42.5 Å². The molecule has 0 aliphatic carbocycles. The van der Waals surface area contributed by atoms with Crippen molar-refractivity contribution in [2.45, 2.75) is 26.1 Å². The van der Waals surface area contributed by atoms with E-state index in [2.05, 4.69) is 5.32 Å². The Morgan fingerprint density at radius 2 is 1.56 bits per heavy atom. The van der Waals surface area contributed by atoms with Gasteiger partial charge in [-0.1, -0.05) is 6.07 Å². The van der Waals surface area contributed by atoms with Crippen molar-refractivity contribution < 1.29 is 45.8 Å². The fraction of sp³-hybridized carbons (Fsp3) is 0.276. The van der Waals surface area contributed by atoms with E-state index in [-0.39, 0.29) is 36.8 Å². The molecule has 4 rings (SSSR count). The number of hydrogen-bond acceptors (Lipinski definition) is 6. The first kappa shape index (κ1) is 31.2. The molecule has 1 unspecified atom stereocenters. The Balaban J connectivity index is 1.56. The lowest BCUT2D eigenvalue weighted by Gasteiger charge is -2.39. The first-order valence-corrected chi connectivity index (χ1v) is 13.0. The van der Waals surface area contributed by atoms with Gasteiger partial charge in [0, 0.05) is 54.5 Å². The Morgan fingerprint density at radius 3 is 2.19 bits per heavy atom. The molecular formula is C29H27F5N4O5. The lowest BCUT2D eigenvalue weighted by molar-refractivity contribution is -0.142. The fourth-order valence-electron chi connectivity index (χ4n) is 4.45. The predicted molar refractivity (Wildman–Crippen MR) is 144 cm³/mol. The third kappa shape index (κ3) is 6.85. The van der Waals surface area contributed by atoms with Gasteiger partial charge in [-0.2, -0.15) is 0 Å². The van der Waals surface area contributed by atoms with Crippen LogP contribution in [0.3, 0.4) is 0 Å². The molecule has 0 aromatic heterocycles. The van der Waals surface area contributed by atoms with E-state index in [1.807, 2.05) is 0 Å². The molecule has 3 aromatic carbocycles. The largest absolute Gasteiger partial charge is 0.490 e. The third-order valence-electron chi connectivity index (χ3n) is 6.89. The molecule has 1 aliphatic rings. The van der Waals surface area contributed by atoms with Crippen molar-refractivity contribution in [2.75, 3.05) is 31.7 Å². The van der Waals surface area contributed by atoms with Crippen molar-refractivity contribution in [3.05, 3.63) is 93.8 Å². The van der Waals surface area contributed by atoms with Crippen LogP contribution in [-0.4, -0.2) is 49.6 Å². The zero-order valence-electron chi connectivity index (χ0n) is 23.1. The van der Waals surface area contributed by atoms with Crippen molar-refractivity contribution in [3.63, 3.8) is 0 Å². The Bertz CT molecular complexity index is 1520. The summed E-state index contributed by atoms with van der Waals surface area (Å²) in [6.45, 7) is -0.107. The number of amides is 3. The standard InChI is InChI=1S/C29H27F5N4O5/c1-15-19-4-3-16(28(40)36-13-20-22(31)8-17(30)9-23(20)32)7-26(19)38(29(41)37(15)2)14-21-24(33)10-18(11-25(21)34)42-5-6-43-27(39)12-35/h3-4,7-11,15H,5-6,12-14,35H2,1-2H3,(H,36,40). The SMILES string of the molecule is CC1c2ccc(C(=O)NCc3c(F)cc(F)cc3F)cc2N(Cc2c(F)cc(OCCOC(=O)CN)cc2F)C(=O)N1C. The van der Waals surface area contributed by atoms with Crippen LogP contribution in [0.1, 0.15) is 40.0 Å². The molecule has 0 saturated carbocycles. The van der Waals surface area contributed by atoms with Crippen LogP contribution in [0.25, 0.3) is 0 Å². The highest BCUT2D eigenvalue weighted by molar-refractivity contribution is 5.99. The monoisotopic (exact) mass is 606 g/mol. The van der Waals surface area contributed by atoms with E-state index in [0.29, 0.717) is 17.7 Å². The number of fused-ring (bicyclic) bond motifs is 1. The number of rotatable bonds is 10. The molecule has 3 amide bonds. The van der Waals surface area contributed by atoms with Gasteiger partial charge in [-0.05, 0) is 24.6 Å². The molecule has 3 aromatic rings. The second kappa shape index (κ2) is 13.1. The number of hydrogen-bond donors (Lipinski definition) is 2. The van der Waals surface area contributed by atoms with E-state index in [0.717, 1.165) is 17.0 Å². The number of urea groups is 1. The average Bonchev–Trinajstić information content (AvgIpc) is 2.96. The highest BCUT2D eigenvalue weighted by atomic mass is 19.2.